The van der Waals surface area contributed by atoms with Gasteiger partial charge in [-0.15, -0.1) is 0 Å². The van der Waals surface area contributed by atoms with Crippen molar-refractivity contribution < 1.29 is 9.59 Å². The van der Waals surface area contributed by atoms with Crippen LogP contribution in [0.3, 0.4) is 0 Å². The van der Waals surface area contributed by atoms with Crippen LogP contribution in [0.5, 0.6) is 0 Å². The quantitative estimate of drug-likeness (QED) is 0.843. The van der Waals surface area contributed by atoms with Crippen molar-refractivity contribution in [1.29, 1.82) is 0 Å². The summed E-state index contributed by atoms with van der Waals surface area (Å²) in [5, 5.41) is 2.90. The monoisotopic (exact) mass is 331 g/mol. The lowest BCUT2D eigenvalue weighted by atomic mass is 10.1. The van der Waals surface area contributed by atoms with Crippen molar-refractivity contribution in [2.24, 2.45) is 0 Å². The van der Waals surface area contributed by atoms with Crippen LogP contribution in [0.2, 0.25) is 0 Å². The van der Waals surface area contributed by atoms with E-state index < -0.39 is 0 Å². The molecule has 0 heterocycles. The van der Waals surface area contributed by atoms with Crippen molar-refractivity contribution in [3.8, 4) is 0 Å². The summed E-state index contributed by atoms with van der Waals surface area (Å²) in [7, 11) is 3.95. The number of hydrogen-bond acceptors (Lipinski definition) is 3. The topological polar surface area (TPSA) is 52.7 Å². The van der Waals surface area contributed by atoms with Gasteiger partial charge in [0.25, 0.3) is 0 Å². The van der Waals surface area contributed by atoms with Crippen LogP contribution in [-0.4, -0.2) is 43.4 Å². The summed E-state index contributed by atoms with van der Waals surface area (Å²) in [4.78, 5) is 28.1. The van der Waals surface area contributed by atoms with E-state index in [0.717, 1.165) is 37.1 Å². The average molecular weight is 331 g/mol. The zero-order chi connectivity index (χ0) is 17.5. The van der Waals surface area contributed by atoms with Crippen LogP contribution in [0.1, 0.15) is 45.4 Å². The first kappa shape index (κ1) is 18.3. The predicted molar refractivity (Wildman–Crippen MR) is 98.3 cm³/mol. The minimum Gasteiger partial charge on any atom is -0.378 e. The van der Waals surface area contributed by atoms with Gasteiger partial charge in [0.05, 0.1) is 0 Å². The highest BCUT2D eigenvalue weighted by Crippen LogP contribution is 2.22. The van der Waals surface area contributed by atoms with Crippen molar-refractivity contribution >= 4 is 23.2 Å². The second kappa shape index (κ2) is 8.71. The Bertz CT molecular complexity index is 546. The van der Waals surface area contributed by atoms with E-state index in [1.54, 1.807) is 11.8 Å². The number of nitrogens with zero attached hydrogens (tertiary/aromatic N) is 2. The molecule has 1 fully saturated rings. The lowest BCUT2D eigenvalue weighted by Crippen LogP contribution is -2.43. The Morgan fingerprint density at radius 1 is 1.04 bits per heavy atom. The van der Waals surface area contributed by atoms with Gasteiger partial charge in [0.15, 0.2) is 0 Å². The van der Waals surface area contributed by atoms with E-state index in [0.29, 0.717) is 0 Å². The molecule has 1 saturated carbocycles. The number of carbonyl (C=O) groups is 2. The lowest BCUT2D eigenvalue weighted by molar-refractivity contribution is -0.135. The minimum absolute atomic E-state index is 0.0139. The van der Waals surface area contributed by atoms with Crippen molar-refractivity contribution in [3.63, 3.8) is 0 Å². The Kier molecular flexibility index (Phi) is 6.64. The molecule has 0 bridgehead atoms. The molecular weight excluding hydrogens is 302 g/mol. The maximum Gasteiger partial charge on any atom is 0.244 e. The molecule has 0 aromatic heterocycles. The molecule has 5 nitrogen and oxygen atoms in total. The van der Waals surface area contributed by atoms with E-state index in [4.69, 9.17) is 0 Å². The smallest absolute Gasteiger partial charge is 0.244 e. The number of carbonyl (C=O) groups excluding carboxylic acids is 2. The van der Waals surface area contributed by atoms with Gasteiger partial charge in [0.1, 0.15) is 6.54 Å². The Balaban J connectivity index is 1.95. The molecular formula is C19H29N3O2. The fourth-order valence-electron chi connectivity index (χ4n) is 3.27. The van der Waals surface area contributed by atoms with Gasteiger partial charge < -0.3 is 15.1 Å². The SMILES string of the molecule is CC(=O)N(CC(=O)Nc1ccc(N(C)C)cc1)C1CCCCCC1. The van der Waals surface area contributed by atoms with E-state index in [2.05, 4.69) is 5.32 Å². The van der Waals surface area contributed by atoms with E-state index >= 15 is 0 Å². The first-order chi connectivity index (χ1) is 11.5. The third kappa shape index (κ3) is 5.25. The second-order valence-electron chi connectivity index (χ2n) is 6.78. The summed E-state index contributed by atoms with van der Waals surface area (Å²) in [5.74, 6) is -0.146. The maximum atomic E-state index is 12.4. The van der Waals surface area contributed by atoms with Crippen LogP contribution >= 0.6 is 0 Å². The lowest BCUT2D eigenvalue weighted by Gasteiger charge is -2.29. The molecule has 1 aliphatic rings. The Morgan fingerprint density at radius 2 is 1.62 bits per heavy atom. The van der Waals surface area contributed by atoms with Crippen LogP contribution in [0.4, 0.5) is 11.4 Å². The molecule has 2 rings (SSSR count). The molecule has 0 unspecified atom stereocenters. The summed E-state index contributed by atoms with van der Waals surface area (Å²) in [6, 6.07) is 7.90. The summed E-state index contributed by atoms with van der Waals surface area (Å²) in [5.41, 5.74) is 1.84. The van der Waals surface area contributed by atoms with Crippen LogP contribution in [0.25, 0.3) is 0 Å². The summed E-state index contributed by atoms with van der Waals surface area (Å²) >= 11 is 0. The number of hydrogen-bond donors (Lipinski definition) is 1. The summed E-state index contributed by atoms with van der Waals surface area (Å²) in [6.45, 7) is 1.69. The maximum absolute atomic E-state index is 12.4. The number of benzene rings is 1. The summed E-state index contributed by atoms with van der Waals surface area (Å²) < 4.78 is 0. The first-order valence-electron chi connectivity index (χ1n) is 8.82. The van der Waals surface area contributed by atoms with E-state index in [1.807, 2.05) is 43.3 Å². The Hall–Kier alpha value is -2.04. The van der Waals surface area contributed by atoms with E-state index in [9.17, 15) is 9.59 Å². The number of anilines is 2. The molecule has 0 atom stereocenters. The zero-order valence-electron chi connectivity index (χ0n) is 15.0. The molecule has 0 spiro atoms. The van der Waals surface area contributed by atoms with Gasteiger partial charge in [0.2, 0.25) is 11.8 Å². The predicted octanol–water partition coefficient (Wildman–Crippen LogP) is 3.26. The van der Waals surface area contributed by atoms with Gasteiger partial charge in [-0.25, -0.2) is 0 Å². The van der Waals surface area contributed by atoms with Crippen molar-refractivity contribution in [3.05, 3.63) is 24.3 Å². The highest BCUT2D eigenvalue weighted by Gasteiger charge is 2.24. The molecule has 0 radical (unpaired) electrons. The third-order valence-corrected chi connectivity index (χ3v) is 4.65. The Labute approximate surface area is 145 Å². The largest absolute Gasteiger partial charge is 0.378 e. The molecule has 24 heavy (non-hydrogen) atoms. The van der Waals surface area contributed by atoms with Gasteiger partial charge in [-0.2, -0.15) is 0 Å². The molecule has 1 aromatic rings. The zero-order valence-corrected chi connectivity index (χ0v) is 15.0. The first-order valence-corrected chi connectivity index (χ1v) is 8.82. The van der Waals surface area contributed by atoms with Gasteiger partial charge >= 0.3 is 0 Å². The molecule has 5 heteroatoms. The highest BCUT2D eigenvalue weighted by molar-refractivity contribution is 5.94. The van der Waals surface area contributed by atoms with E-state index in [-0.39, 0.29) is 24.4 Å². The Morgan fingerprint density at radius 3 is 2.12 bits per heavy atom. The van der Waals surface area contributed by atoms with Crippen LogP contribution in [-0.2, 0) is 9.59 Å². The van der Waals surface area contributed by atoms with Gasteiger partial charge in [0, 0.05) is 38.4 Å². The van der Waals surface area contributed by atoms with Crippen molar-refractivity contribution in [2.75, 3.05) is 30.9 Å². The van der Waals surface area contributed by atoms with E-state index in [1.165, 1.54) is 12.8 Å². The molecule has 132 valence electrons. The standard InChI is InChI=1S/C19H29N3O2/c1-15(23)22(18-8-6-4-5-7-9-18)14-19(24)20-16-10-12-17(13-11-16)21(2)3/h10-13,18H,4-9,14H2,1-3H3,(H,20,24). The third-order valence-electron chi connectivity index (χ3n) is 4.65. The molecule has 0 saturated heterocycles. The van der Waals surface area contributed by atoms with Gasteiger partial charge in [-0.1, -0.05) is 25.7 Å². The number of nitrogens with one attached hydrogen (secondary N) is 1. The van der Waals surface area contributed by atoms with Crippen molar-refractivity contribution in [1.82, 2.24) is 4.90 Å². The van der Waals surface area contributed by atoms with Gasteiger partial charge in [-0.3, -0.25) is 9.59 Å². The van der Waals surface area contributed by atoms with Gasteiger partial charge in [-0.05, 0) is 37.1 Å². The number of amides is 2. The molecule has 1 aliphatic carbocycles. The normalized spacial score (nSPS) is 15.5. The average Bonchev–Trinajstić information content (AvgIpc) is 2.82. The summed E-state index contributed by atoms with van der Waals surface area (Å²) in [6.07, 6.45) is 6.75. The second-order valence-corrected chi connectivity index (χ2v) is 6.78. The highest BCUT2D eigenvalue weighted by atomic mass is 16.2. The molecule has 0 aliphatic heterocycles. The van der Waals surface area contributed by atoms with Crippen molar-refractivity contribution in [2.45, 2.75) is 51.5 Å². The number of rotatable bonds is 5. The molecule has 2 amide bonds. The molecule has 1 N–H and O–H groups in total. The minimum atomic E-state index is -0.132. The van der Waals surface area contributed by atoms with Crippen LogP contribution < -0.4 is 10.2 Å². The van der Waals surface area contributed by atoms with Crippen LogP contribution in [0, 0.1) is 0 Å². The fraction of sp³-hybridized carbons (Fsp3) is 0.579. The van der Waals surface area contributed by atoms with Crippen LogP contribution in [0.15, 0.2) is 24.3 Å². The fourth-order valence-corrected chi connectivity index (χ4v) is 3.27. The molecule has 1 aromatic carbocycles.